The summed E-state index contributed by atoms with van der Waals surface area (Å²) in [6, 6.07) is 9.11. The number of nitrogens with zero attached hydrogens (tertiary/aromatic N) is 2. The lowest BCUT2D eigenvalue weighted by Crippen LogP contribution is -2.28. The molecule has 1 aliphatic rings. The van der Waals surface area contributed by atoms with Crippen molar-refractivity contribution in [2.24, 2.45) is 0 Å². The average molecular weight is 363 g/mol. The number of nitrogens with one attached hydrogen (secondary N) is 2. The number of halogens is 1. The van der Waals surface area contributed by atoms with Crippen LogP contribution in [0.15, 0.2) is 36.7 Å². The summed E-state index contributed by atoms with van der Waals surface area (Å²) in [5, 5.41) is 6.04. The highest BCUT2D eigenvalue weighted by atomic mass is 35.5. The summed E-state index contributed by atoms with van der Waals surface area (Å²) in [4.78, 5) is 19.7. The molecule has 0 aliphatic carbocycles. The van der Waals surface area contributed by atoms with E-state index in [1.54, 1.807) is 30.3 Å². The molecule has 3 rings (SSSR count). The molecule has 25 heavy (non-hydrogen) atoms. The van der Waals surface area contributed by atoms with E-state index in [1.165, 1.54) is 6.33 Å². The van der Waals surface area contributed by atoms with Crippen molar-refractivity contribution in [3.8, 4) is 11.6 Å². The van der Waals surface area contributed by atoms with Crippen molar-refractivity contribution in [2.45, 2.75) is 18.9 Å². The molecule has 0 radical (unpaired) electrons. The summed E-state index contributed by atoms with van der Waals surface area (Å²) < 4.78 is 11.1. The fourth-order valence-electron chi connectivity index (χ4n) is 2.48. The molecule has 2 N–H and O–H groups in total. The number of hydrogen-bond acceptors (Lipinski definition) is 6. The second-order valence-electron chi connectivity index (χ2n) is 5.58. The van der Waals surface area contributed by atoms with E-state index < -0.39 is 0 Å². The summed E-state index contributed by atoms with van der Waals surface area (Å²) in [6.45, 7) is 1.51. The van der Waals surface area contributed by atoms with Crippen molar-refractivity contribution >= 4 is 29.0 Å². The third kappa shape index (κ3) is 5.30. The average Bonchev–Trinajstić information content (AvgIpc) is 2.63. The molecule has 1 amide bonds. The molecule has 0 spiro atoms. The molecule has 1 aliphatic heterocycles. The van der Waals surface area contributed by atoms with Gasteiger partial charge in [0.1, 0.15) is 23.8 Å². The summed E-state index contributed by atoms with van der Waals surface area (Å²) >= 11 is 5.49. The normalized spacial score (nSPS) is 14.8. The van der Waals surface area contributed by atoms with Gasteiger partial charge in [-0.1, -0.05) is 6.07 Å². The van der Waals surface area contributed by atoms with Gasteiger partial charge in [-0.15, -0.1) is 11.6 Å². The monoisotopic (exact) mass is 362 g/mol. The largest absolute Gasteiger partial charge is 0.439 e. The van der Waals surface area contributed by atoms with Gasteiger partial charge in [0.2, 0.25) is 11.8 Å². The van der Waals surface area contributed by atoms with Crippen molar-refractivity contribution in [1.29, 1.82) is 0 Å². The molecule has 0 atom stereocenters. The third-order valence-corrected chi connectivity index (χ3v) is 3.92. The van der Waals surface area contributed by atoms with Crippen LogP contribution in [0, 0.1) is 0 Å². The Labute approximate surface area is 150 Å². The second kappa shape index (κ2) is 8.64. The topological polar surface area (TPSA) is 85.4 Å². The maximum Gasteiger partial charge on any atom is 0.239 e. The predicted octanol–water partition coefficient (Wildman–Crippen LogP) is 3.04. The van der Waals surface area contributed by atoms with Crippen LogP contribution >= 0.6 is 11.6 Å². The SMILES string of the molecule is O=C(CCl)Nc1cccc(Oc2cc(NC3CCOCC3)ncn2)c1. The van der Waals surface area contributed by atoms with Crippen LogP contribution in [0.5, 0.6) is 11.6 Å². The van der Waals surface area contributed by atoms with Gasteiger partial charge in [-0.05, 0) is 25.0 Å². The van der Waals surface area contributed by atoms with E-state index in [1.807, 2.05) is 0 Å². The zero-order valence-corrected chi connectivity index (χ0v) is 14.3. The van der Waals surface area contributed by atoms with Crippen LogP contribution in [0.2, 0.25) is 0 Å². The van der Waals surface area contributed by atoms with E-state index in [2.05, 4.69) is 20.6 Å². The van der Waals surface area contributed by atoms with E-state index in [0.29, 0.717) is 29.2 Å². The van der Waals surface area contributed by atoms with Gasteiger partial charge in [-0.2, -0.15) is 0 Å². The van der Waals surface area contributed by atoms with Gasteiger partial charge >= 0.3 is 0 Å². The second-order valence-corrected chi connectivity index (χ2v) is 5.85. The highest BCUT2D eigenvalue weighted by molar-refractivity contribution is 6.29. The molecule has 0 unspecified atom stereocenters. The van der Waals surface area contributed by atoms with Crippen LogP contribution in [0.4, 0.5) is 11.5 Å². The number of carbonyl (C=O) groups excluding carboxylic acids is 1. The highest BCUT2D eigenvalue weighted by Gasteiger charge is 2.14. The first-order valence-electron chi connectivity index (χ1n) is 8.03. The maximum atomic E-state index is 11.4. The Morgan fingerprint density at radius 3 is 2.92 bits per heavy atom. The lowest BCUT2D eigenvalue weighted by Gasteiger charge is -2.23. The van der Waals surface area contributed by atoms with E-state index in [9.17, 15) is 4.79 Å². The molecule has 2 aromatic rings. The van der Waals surface area contributed by atoms with Gasteiger partial charge in [-0.3, -0.25) is 4.79 Å². The molecule has 1 aromatic carbocycles. The smallest absolute Gasteiger partial charge is 0.239 e. The van der Waals surface area contributed by atoms with Crippen LogP contribution in [-0.4, -0.2) is 41.0 Å². The van der Waals surface area contributed by atoms with E-state index in [-0.39, 0.29) is 11.8 Å². The predicted molar refractivity (Wildman–Crippen MR) is 95.4 cm³/mol. The standard InChI is InChI=1S/C17H19ClN4O3/c18-10-16(23)22-13-2-1-3-14(8-13)25-17-9-15(19-11-20-17)21-12-4-6-24-7-5-12/h1-3,8-9,11-12H,4-7,10H2,(H,22,23)(H,19,20,21). The number of aromatic nitrogens is 2. The van der Waals surface area contributed by atoms with Crippen LogP contribution < -0.4 is 15.4 Å². The Hall–Kier alpha value is -2.38. The molecule has 1 aromatic heterocycles. The third-order valence-electron chi connectivity index (χ3n) is 3.68. The van der Waals surface area contributed by atoms with Gasteiger partial charge in [0.15, 0.2) is 0 Å². The summed E-state index contributed by atoms with van der Waals surface area (Å²) in [5.74, 6) is 1.32. The van der Waals surface area contributed by atoms with Crippen molar-refractivity contribution in [3.05, 3.63) is 36.7 Å². The number of anilines is 2. The van der Waals surface area contributed by atoms with Crippen LogP contribution in [0.1, 0.15) is 12.8 Å². The van der Waals surface area contributed by atoms with E-state index in [0.717, 1.165) is 26.1 Å². The van der Waals surface area contributed by atoms with Gasteiger partial charge in [0.25, 0.3) is 0 Å². The van der Waals surface area contributed by atoms with Gasteiger partial charge < -0.3 is 20.1 Å². The number of alkyl halides is 1. The first-order chi connectivity index (χ1) is 12.2. The summed E-state index contributed by atoms with van der Waals surface area (Å²) in [7, 11) is 0. The van der Waals surface area contributed by atoms with Crippen molar-refractivity contribution in [1.82, 2.24) is 9.97 Å². The minimum atomic E-state index is -0.274. The number of amides is 1. The molecule has 132 valence electrons. The maximum absolute atomic E-state index is 11.4. The molecule has 0 bridgehead atoms. The van der Waals surface area contributed by atoms with E-state index in [4.69, 9.17) is 21.1 Å². The summed E-state index contributed by atoms with van der Waals surface area (Å²) in [5.41, 5.74) is 0.609. The van der Waals surface area contributed by atoms with Crippen molar-refractivity contribution < 1.29 is 14.3 Å². The van der Waals surface area contributed by atoms with Crippen LogP contribution in [0.3, 0.4) is 0 Å². The first-order valence-corrected chi connectivity index (χ1v) is 8.56. The Morgan fingerprint density at radius 2 is 2.12 bits per heavy atom. The quantitative estimate of drug-likeness (QED) is 0.768. The van der Waals surface area contributed by atoms with Crippen molar-refractivity contribution in [3.63, 3.8) is 0 Å². The minimum absolute atomic E-state index is 0.0990. The van der Waals surface area contributed by atoms with Gasteiger partial charge in [0, 0.05) is 37.1 Å². The fraction of sp³-hybridized carbons (Fsp3) is 0.353. The zero-order valence-electron chi connectivity index (χ0n) is 13.6. The molecule has 7 nitrogen and oxygen atoms in total. The molecule has 8 heteroatoms. The van der Waals surface area contributed by atoms with Gasteiger partial charge in [-0.25, -0.2) is 9.97 Å². The minimum Gasteiger partial charge on any atom is -0.439 e. The van der Waals surface area contributed by atoms with Crippen LogP contribution in [-0.2, 0) is 9.53 Å². The number of rotatable bonds is 6. The van der Waals surface area contributed by atoms with Gasteiger partial charge in [0.05, 0.1) is 0 Å². The lowest BCUT2D eigenvalue weighted by molar-refractivity contribution is -0.113. The number of ether oxygens (including phenoxy) is 2. The Balaban J connectivity index is 1.65. The molecule has 1 saturated heterocycles. The Kier molecular flexibility index (Phi) is 6.03. The van der Waals surface area contributed by atoms with Crippen LogP contribution in [0.25, 0.3) is 0 Å². The van der Waals surface area contributed by atoms with E-state index >= 15 is 0 Å². The fourth-order valence-corrected chi connectivity index (χ4v) is 2.54. The number of carbonyl (C=O) groups is 1. The Morgan fingerprint density at radius 1 is 1.28 bits per heavy atom. The Bertz CT molecular complexity index is 723. The van der Waals surface area contributed by atoms with Crippen molar-refractivity contribution in [2.75, 3.05) is 29.7 Å². The molecule has 0 saturated carbocycles. The number of hydrogen-bond donors (Lipinski definition) is 2. The summed E-state index contributed by atoms with van der Waals surface area (Å²) in [6.07, 6.45) is 3.35. The first kappa shape index (κ1) is 17.4. The molecule has 2 heterocycles. The number of benzene rings is 1. The molecular weight excluding hydrogens is 344 g/mol. The highest BCUT2D eigenvalue weighted by Crippen LogP contribution is 2.24. The zero-order chi connectivity index (χ0) is 17.5. The molecular formula is C17H19ClN4O3. The molecule has 1 fully saturated rings. The lowest BCUT2D eigenvalue weighted by atomic mass is 10.1.